The van der Waals surface area contributed by atoms with E-state index in [0.717, 1.165) is 0 Å². The zero-order valence-corrected chi connectivity index (χ0v) is 33.7. The van der Waals surface area contributed by atoms with E-state index in [1.165, 1.54) is 48.1 Å². The molecule has 0 saturated carbocycles. The van der Waals surface area contributed by atoms with Crippen LogP contribution >= 0.6 is 11.6 Å². The van der Waals surface area contributed by atoms with Crippen LogP contribution in [0.2, 0.25) is 5.02 Å². The van der Waals surface area contributed by atoms with Crippen LogP contribution in [0, 0.1) is 24.5 Å². The quantitative estimate of drug-likeness (QED) is 0.216. The van der Waals surface area contributed by atoms with Crippen LogP contribution in [0.5, 0.6) is 0 Å². The number of methoxy groups -OCH3 is 1. The van der Waals surface area contributed by atoms with Gasteiger partial charge < -0.3 is 34.1 Å². The topological polar surface area (TPSA) is 144 Å². The van der Waals surface area contributed by atoms with Crippen LogP contribution in [-0.2, 0) is 27.9 Å². The maximum atomic E-state index is 15.6. The third-order valence-corrected chi connectivity index (χ3v) is 10.5. The molecule has 0 radical (unpaired) electrons. The Morgan fingerprint density at radius 2 is 1.56 bits per heavy atom. The molecule has 57 heavy (non-hydrogen) atoms. The van der Waals surface area contributed by atoms with Crippen molar-refractivity contribution in [2.45, 2.75) is 52.7 Å². The minimum Gasteiger partial charge on any atom is -0.444 e. The van der Waals surface area contributed by atoms with Crippen LogP contribution in [0.25, 0.3) is 22.4 Å². The Hall–Kier alpha value is -5.35. The molecule has 2 aromatic carbocycles. The van der Waals surface area contributed by atoms with E-state index in [4.69, 9.17) is 21.1 Å². The number of carbonyl (C=O) groups excluding carboxylic acids is 4. The number of amides is 4. The normalized spacial score (nSPS) is 15.2. The molecule has 304 valence electrons. The van der Waals surface area contributed by atoms with Crippen molar-refractivity contribution in [1.29, 1.82) is 0 Å². The van der Waals surface area contributed by atoms with E-state index in [1.807, 2.05) is 20.8 Å². The standard InChI is InChI=1S/C40H47ClF2N8O6/c1-24-30(23-51(46-24)19-20-56-6)27-9-10-29(34(43)33(27)42)32-22-44-35(47(32)5)36(52)45-26-7-8-28(31(41)21-26)38(54)49-17-15-48(16-18-49)37(53)25-11-13-50(14-12-25)39(55)57-40(2,3)4/h7-10,21-23,25H,11-20H2,1-6H3,(H,45,52). The van der Waals surface area contributed by atoms with Crippen LogP contribution in [0.1, 0.15) is 60.3 Å². The summed E-state index contributed by atoms with van der Waals surface area (Å²) in [6, 6.07) is 7.41. The fourth-order valence-electron chi connectivity index (χ4n) is 7.05. The van der Waals surface area contributed by atoms with Crippen molar-refractivity contribution in [1.82, 2.24) is 34.0 Å². The first-order chi connectivity index (χ1) is 27.1. The van der Waals surface area contributed by atoms with Crippen LogP contribution in [-0.4, -0.2) is 116 Å². The second-order valence-electron chi connectivity index (χ2n) is 15.2. The lowest BCUT2D eigenvalue weighted by Crippen LogP contribution is -2.53. The maximum absolute atomic E-state index is 15.6. The van der Waals surface area contributed by atoms with E-state index < -0.39 is 23.1 Å². The number of likely N-dealkylation sites (tertiary alicyclic amines) is 1. The number of nitrogens with zero attached hydrogens (tertiary/aromatic N) is 7. The van der Waals surface area contributed by atoms with Crippen LogP contribution in [0.15, 0.2) is 42.7 Å². The second-order valence-corrected chi connectivity index (χ2v) is 15.6. The molecule has 14 nitrogen and oxygen atoms in total. The third kappa shape index (κ3) is 9.12. The molecule has 0 spiro atoms. The number of hydrogen-bond donors (Lipinski definition) is 1. The van der Waals surface area contributed by atoms with Crippen molar-refractivity contribution in [3.63, 3.8) is 0 Å². The summed E-state index contributed by atoms with van der Waals surface area (Å²) in [5, 5.41) is 7.18. The lowest BCUT2D eigenvalue weighted by atomic mass is 9.95. The molecule has 0 bridgehead atoms. The molecule has 4 amide bonds. The third-order valence-electron chi connectivity index (χ3n) is 10.1. The largest absolute Gasteiger partial charge is 0.444 e. The summed E-state index contributed by atoms with van der Waals surface area (Å²) in [5.41, 5.74) is 1.09. The van der Waals surface area contributed by atoms with E-state index in [2.05, 4.69) is 15.4 Å². The minimum absolute atomic E-state index is 0.0210. The zero-order chi connectivity index (χ0) is 41.2. The minimum atomic E-state index is -1.09. The van der Waals surface area contributed by atoms with E-state index in [-0.39, 0.29) is 57.1 Å². The average Bonchev–Trinajstić information content (AvgIpc) is 3.75. The van der Waals surface area contributed by atoms with Gasteiger partial charge in [-0.2, -0.15) is 5.10 Å². The molecule has 1 N–H and O–H groups in total. The van der Waals surface area contributed by atoms with Gasteiger partial charge in [0, 0.05) is 87.9 Å². The summed E-state index contributed by atoms with van der Waals surface area (Å²) in [5.74, 6) is -3.33. The Kier molecular flexibility index (Phi) is 12.3. The van der Waals surface area contributed by atoms with Crippen molar-refractivity contribution < 1.29 is 37.4 Å². The molecule has 0 unspecified atom stereocenters. The Morgan fingerprint density at radius 1 is 0.912 bits per heavy atom. The highest BCUT2D eigenvalue weighted by molar-refractivity contribution is 6.34. The molecule has 2 aromatic heterocycles. The van der Waals surface area contributed by atoms with Gasteiger partial charge in [0.2, 0.25) is 5.91 Å². The van der Waals surface area contributed by atoms with Gasteiger partial charge in [0.05, 0.1) is 41.3 Å². The van der Waals surface area contributed by atoms with Gasteiger partial charge in [-0.05, 0) is 64.8 Å². The molecule has 2 aliphatic rings. The number of piperazine rings is 1. The molecule has 4 heterocycles. The van der Waals surface area contributed by atoms with Gasteiger partial charge in [-0.3, -0.25) is 19.1 Å². The lowest BCUT2D eigenvalue weighted by Gasteiger charge is -2.38. The van der Waals surface area contributed by atoms with Crippen molar-refractivity contribution >= 4 is 41.1 Å². The molecule has 2 fully saturated rings. The predicted molar refractivity (Wildman–Crippen MR) is 209 cm³/mol. The number of imidazole rings is 1. The average molecular weight is 809 g/mol. The number of benzene rings is 2. The molecule has 2 saturated heterocycles. The highest BCUT2D eigenvalue weighted by Crippen LogP contribution is 2.33. The summed E-state index contributed by atoms with van der Waals surface area (Å²) in [6.45, 7) is 10.3. The summed E-state index contributed by atoms with van der Waals surface area (Å²) in [7, 11) is 3.08. The number of halogens is 3. The maximum Gasteiger partial charge on any atom is 0.410 e. The summed E-state index contributed by atoms with van der Waals surface area (Å²) >= 11 is 6.55. The summed E-state index contributed by atoms with van der Waals surface area (Å²) in [6.07, 6.45) is 3.66. The predicted octanol–water partition coefficient (Wildman–Crippen LogP) is 6.02. The molecule has 17 heteroatoms. The van der Waals surface area contributed by atoms with Crippen molar-refractivity contribution in [2.75, 3.05) is 58.3 Å². The van der Waals surface area contributed by atoms with E-state index >= 15 is 8.78 Å². The van der Waals surface area contributed by atoms with Crippen LogP contribution < -0.4 is 5.32 Å². The van der Waals surface area contributed by atoms with Gasteiger partial charge in [0.25, 0.3) is 11.8 Å². The van der Waals surface area contributed by atoms with Gasteiger partial charge in [0.1, 0.15) is 5.60 Å². The number of carbonyl (C=O) groups is 4. The molecule has 0 aliphatic carbocycles. The smallest absolute Gasteiger partial charge is 0.410 e. The van der Waals surface area contributed by atoms with Crippen molar-refractivity contribution in [3.05, 3.63) is 76.5 Å². The van der Waals surface area contributed by atoms with Gasteiger partial charge in [-0.1, -0.05) is 17.7 Å². The number of aryl methyl sites for hydroxylation is 1. The number of aromatic nitrogens is 4. The SMILES string of the molecule is COCCn1cc(-c2ccc(-c3cnc(C(=O)Nc4ccc(C(=O)N5CCN(C(=O)C6CCN(C(=O)OC(C)(C)C)CC6)CC5)c(Cl)c4)n3C)c(F)c2F)c(C)n1. The van der Waals surface area contributed by atoms with E-state index in [0.29, 0.717) is 82.2 Å². The summed E-state index contributed by atoms with van der Waals surface area (Å²) in [4.78, 5) is 61.7. The lowest BCUT2D eigenvalue weighted by molar-refractivity contribution is -0.138. The fraction of sp³-hybridized carbons (Fsp3) is 0.450. The number of rotatable bonds is 9. The number of hydrogen-bond acceptors (Lipinski definition) is 8. The number of anilines is 1. The fourth-order valence-corrected chi connectivity index (χ4v) is 7.32. The highest BCUT2D eigenvalue weighted by atomic mass is 35.5. The van der Waals surface area contributed by atoms with Gasteiger partial charge in [-0.15, -0.1) is 0 Å². The Labute approximate surface area is 334 Å². The Balaban J connectivity index is 1.04. The molecular weight excluding hydrogens is 762 g/mol. The molecule has 6 rings (SSSR count). The van der Waals surface area contributed by atoms with Crippen LogP contribution in [0.4, 0.5) is 19.3 Å². The van der Waals surface area contributed by atoms with Crippen LogP contribution in [0.3, 0.4) is 0 Å². The first kappa shape index (κ1) is 41.3. The molecule has 4 aromatic rings. The highest BCUT2D eigenvalue weighted by Gasteiger charge is 2.34. The van der Waals surface area contributed by atoms with Gasteiger partial charge >= 0.3 is 6.09 Å². The second kappa shape index (κ2) is 17.0. The number of nitrogens with one attached hydrogen (secondary N) is 1. The first-order valence-electron chi connectivity index (χ1n) is 18.8. The molecular formula is C40H47ClF2N8O6. The molecule has 2 aliphatic heterocycles. The Bertz CT molecular complexity index is 2170. The van der Waals surface area contributed by atoms with E-state index in [9.17, 15) is 19.2 Å². The Morgan fingerprint density at radius 3 is 2.21 bits per heavy atom. The van der Waals surface area contributed by atoms with Gasteiger partial charge in [-0.25, -0.2) is 18.6 Å². The molecule has 0 atom stereocenters. The summed E-state index contributed by atoms with van der Waals surface area (Å²) < 4.78 is 44.5. The number of ether oxygens (including phenoxy) is 2. The monoisotopic (exact) mass is 808 g/mol. The van der Waals surface area contributed by atoms with Crippen molar-refractivity contribution in [2.24, 2.45) is 13.0 Å². The van der Waals surface area contributed by atoms with Gasteiger partial charge in [0.15, 0.2) is 17.5 Å². The zero-order valence-electron chi connectivity index (χ0n) is 32.9. The number of piperidine rings is 1. The first-order valence-corrected chi connectivity index (χ1v) is 19.1. The van der Waals surface area contributed by atoms with Crippen molar-refractivity contribution in [3.8, 4) is 22.4 Å². The van der Waals surface area contributed by atoms with E-state index in [1.54, 1.807) is 39.6 Å².